The molecule has 7 heteroatoms. The van der Waals surface area contributed by atoms with Gasteiger partial charge in [0.15, 0.2) is 0 Å². The Bertz CT molecular complexity index is 1270. The zero-order valence-corrected chi connectivity index (χ0v) is 19.9. The van der Waals surface area contributed by atoms with E-state index >= 15 is 0 Å². The number of benzene rings is 2. The van der Waals surface area contributed by atoms with E-state index < -0.39 is 11.6 Å². The summed E-state index contributed by atoms with van der Waals surface area (Å²) >= 11 is 0. The van der Waals surface area contributed by atoms with E-state index in [-0.39, 0.29) is 22.9 Å². The van der Waals surface area contributed by atoms with Crippen LogP contribution in [0.2, 0.25) is 0 Å². The van der Waals surface area contributed by atoms with Crippen molar-refractivity contribution in [1.82, 2.24) is 9.47 Å². The van der Waals surface area contributed by atoms with Crippen LogP contribution < -0.4 is 5.56 Å². The van der Waals surface area contributed by atoms with E-state index in [1.165, 1.54) is 18.2 Å². The third-order valence-electron chi connectivity index (χ3n) is 6.21. The van der Waals surface area contributed by atoms with Crippen molar-refractivity contribution in [3.8, 4) is 5.69 Å². The van der Waals surface area contributed by atoms with Crippen LogP contribution in [0, 0.1) is 32.4 Å². The molecule has 1 fully saturated rings. The molecule has 1 aromatic heterocycles. The minimum Gasteiger partial charge on any atom is -0.392 e. The van der Waals surface area contributed by atoms with Crippen molar-refractivity contribution in [3.05, 3.63) is 98.5 Å². The number of halogens is 2. The van der Waals surface area contributed by atoms with E-state index in [1.807, 2.05) is 32.9 Å². The zero-order chi connectivity index (χ0) is 24.4. The molecule has 3 aromatic rings. The topological polar surface area (TPSA) is 46.8 Å². The van der Waals surface area contributed by atoms with E-state index in [1.54, 1.807) is 16.8 Å². The van der Waals surface area contributed by atoms with Gasteiger partial charge in [-0.15, -0.1) is 0 Å². The maximum atomic E-state index is 14.8. The van der Waals surface area contributed by atoms with E-state index in [9.17, 15) is 13.6 Å². The molecule has 1 aliphatic rings. The van der Waals surface area contributed by atoms with E-state index in [0.29, 0.717) is 5.56 Å². The molecule has 0 bridgehead atoms. The van der Waals surface area contributed by atoms with Gasteiger partial charge in [-0.2, -0.15) is 0 Å². The Balaban J connectivity index is 1.81. The smallest absolute Gasteiger partial charge is 0.255 e. The Morgan fingerprint density at radius 1 is 1.00 bits per heavy atom. The van der Waals surface area contributed by atoms with Crippen molar-refractivity contribution >= 4 is 5.71 Å². The molecule has 5 nitrogen and oxygen atoms in total. The second kappa shape index (κ2) is 9.89. The standard InChI is InChI=1S/C27H29F2N3O2/c1-17-13-18(2)27(19(3)14-17)32-16-20(5-8-25(32)33)26(23-7-6-21(28)15-24(23)29)30-34-22-9-11-31(4)12-10-22/h5-8,13-16,22H,9-12H2,1-4H3. The first kappa shape index (κ1) is 23.8. The highest BCUT2D eigenvalue weighted by atomic mass is 19.1. The summed E-state index contributed by atoms with van der Waals surface area (Å²) in [5.74, 6) is -1.42. The minimum absolute atomic E-state index is 0.0952. The lowest BCUT2D eigenvalue weighted by molar-refractivity contribution is 0.0163. The molecule has 178 valence electrons. The summed E-state index contributed by atoms with van der Waals surface area (Å²) in [5.41, 5.74) is 4.38. The molecule has 4 rings (SSSR count). The summed E-state index contributed by atoms with van der Waals surface area (Å²) in [6.07, 6.45) is 3.16. The molecule has 0 amide bonds. The van der Waals surface area contributed by atoms with Gasteiger partial charge in [-0.25, -0.2) is 8.78 Å². The van der Waals surface area contributed by atoms with Crippen molar-refractivity contribution < 1.29 is 13.6 Å². The lowest BCUT2D eigenvalue weighted by Gasteiger charge is -2.27. The van der Waals surface area contributed by atoms with Gasteiger partial charge in [-0.1, -0.05) is 22.9 Å². The van der Waals surface area contributed by atoms with Gasteiger partial charge in [-0.3, -0.25) is 9.36 Å². The number of hydrogen-bond donors (Lipinski definition) is 0. The molecule has 0 aliphatic carbocycles. The van der Waals surface area contributed by atoms with Gasteiger partial charge in [0.05, 0.1) is 5.69 Å². The number of nitrogens with zero attached hydrogens (tertiary/aromatic N) is 3. The highest BCUT2D eigenvalue weighted by Gasteiger charge is 2.21. The molecular weight excluding hydrogens is 436 g/mol. The van der Waals surface area contributed by atoms with Gasteiger partial charge in [0.25, 0.3) is 5.56 Å². The molecular formula is C27H29F2N3O2. The number of pyridine rings is 1. The fourth-order valence-electron chi connectivity index (χ4n) is 4.51. The highest BCUT2D eigenvalue weighted by Crippen LogP contribution is 2.22. The second-order valence-electron chi connectivity index (χ2n) is 9.05. The van der Waals surface area contributed by atoms with Crippen LogP contribution in [0.3, 0.4) is 0 Å². The van der Waals surface area contributed by atoms with Gasteiger partial charge in [0.2, 0.25) is 0 Å². The molecule has 1 saturated heterocycles. The van der Waals surface area contributed by atoms with Crippen LogP contribution in [0.15, 0.2) is 58.6 Å². The average Bonchev–Trinajstić information content (AvgIpc) is 2.77. The Morgan fingerprint density at radius 2 is 1.68 bits per heavy atom. The van der Waals surface area contributed by atoms with Crippen molar-refractivity contribution in [2.24, 2.45) is 5.16 Å². The number of piperidine rings is 1. The van der Waals surface area contributed by atoms with Gasteiger partial charge < -0.3 is 9.74 Å². The van der Waals surface area contributed by atoms with Crippen LogP contribution in [0.5, 0.6) is 0 Å². The number of aromatic nitrogens is 1. The van der Waals surface area contributed by atoms with E-state index in [0.717, 1.165) is 54.4 Å². The van der Waals surface area contributed by atoms with Crippen LogP contribution >= 0.6 is 0 Å². The Morgan fingerprint density at radius 3 is 2.32 bits per heavy atom. The van der Waals surface area contributed by atoms with Crippen molar-refractivity contribution in [1.29, 1.82) is 0 Å². The molecule has 0 radical (unpaired) electrons. The Kier molecular flexibility index (Phi) is 6.93. The molecule has 2 heterocycles. The predicted molar refractivity (Wildman–Crippen MR) is 130 cm³/mol. The summed E-state index contributed by atoms with van der Waals surface area (Å²) < 4.78 is 30.0. The maximum Gasteiger partial charge on any atom is 0.255 e. The number of hydrogen-bond acceptors (Lipinski definition) is 4. The van der Waals surface area contributed by atoms with E-state index in [4.69, 9.17) is 4.84 Å². The number of rotatable bonds is 5. The number of aryl methyl sites for hydroxylation is 3. The monoisotopic (exact) mass is 465 g/mol. The predicted octanol–water partition coefficient (Wildman–Crippen LogP) is 4.90. The lowest BCUT2D eigenvalue weighted by atomic mass is 10.0. The highest BCUT2D eigenvalue weighted by molar-refractivity contribution is 6.12. The molecule has 0 atom stereocenters. The summed E-state index contributed by atoms with van der Waals surface area (Å²) in [5, 5.41) is 4.35. The molecule has 0 saturated carbocycles. The number of likely N-dealkylation sites (tertiary alicyclic amines) is 1. The molecule has 34 heavy (non-hydrogen) atoms. The van der Waals surface area contributed by atoms with Crippen LogP contribution in [0.25, 0.3) is 5.69 Å². The quantitative estimate of drug-likeness (QED) is 0.398. The van der Waals surface area contributed by atoms with Crippen LogP contribution in [-0.4, -0.2) is 41.4 Å². The zero-order valence-electron chi connectivity index (χ0n) is 19.9. The SMILES string of the molecule is Cc1cc(C)c(-n2cc(C(=NOC3CCN(C)CC3)c3ccc(F)cc3F)ccc2=O)c(C)c1. The van der Waals surface area contributed by atoms with Crippen LogP contribution in [-0.2, 0) is 4.84 Å². The fraction of sp³-hybridized carbons (Fsp3) is 0.333. The van der Waals surface area contributed by atoms with E-state index in [2.05, 4.69) is 17.1 Å². The molecule has 1 aliphatic heterocycles. The first-order chi connectivity index (χ1) is 16.2. The normalized spacial score (nSPS) is 15.5. The second-order valence-corrected chi connectivity index (χ2v) is 9.05. The summed E-state index contributed by atoms with van der Waals surface area (Å²) in [4.78, 5) is 20.9. The summed E-state index contributed by atoms with van der Waals surface area (Å²) in [6.45, 7) is 7.68. The van der Waals surface area contributed by atoms with Crippen molar-refractivity contribution in [2.75, 3.05) is 20.1 Å². The largest absolute Gasteiger partial charge is 0.392 e. The third-order valence-corrected chi connectivity index (χ3v) is 6.21. The van der Waals surface area contributed by atoms with Gasteiger partial charge >= 0.3 is 0 Å². The van der Waals surface area contributed by atoms with Gasteiger partial charge in [0.1, 0.15) is 23.5 Å². The summed E-state index contributed by atoms with van der Waals surface area (Å²) in [6, 6.07) is 10.4. The van der Waals surface area contributed by atoms with Gasteiger partial charge in [0, 0.05) is 42.5 Å². The third kappa shape index (κ3) is 5.09. The van der Waals surface area contributed by atoms with Gasteiger partial charge in [-0.05, 0) is 70.0 Å². The Hall–Kier alpha value is -3.32. The number of oxime groups is 1. The molecule has 2 aromatic carbocycles. The first-order valence-corrected chi connectivity index (χ1v) is 11.4. The average molecular weight is 466 g/mol. The summed E-state index contributed by atoms with van der Waals surface area (Å²) in [7, 11) is 2.05. The van der Waals surface area contributed by atoms with Crippen molar-refractivity contribution in [3.63, 3.8) is 0 Å². The molecule has 0 unspecified atom stereocenters. The Labute approximate surface area is 198 Å². The molecule has 0 N–H and O–H groups in total. The van der Waals surface area contributed by atoms with Crippen LogP contribution in [0.1, 0.15) is 40.7 Å². The fourth-order valence-corrected chi connectivity index (χ4v) is 4.51. The van der Waals surface area contributed by atoms with Crippen LogP contribution in [0.4, 0.5) is 8.78 Å². The first-order valence-electron chi connectivity index (χ1n) is 11.4. The lowest BCUT2D eigenvalue weighted by Crippen LogP contribution is -2.33. The minimum atomic E-state index is -0.744. The maximum absolute atomic E-state index is 14.8. The molecule has 0 spiro atoms. The van der Waals surface area contributed by atoms with Crippen molar-refractivity contribution in [2.45, 2.75) is 39.7 Å².